The Hall–Kier alpha value is -2.23. The molecule has 1 aromatic carbocycles. The molecule has 24 heavy (non-hydrogen) atoms. The van der Waals surface area contributed by atoms with Crippen LogP contribution in [0.1, 0.15) is 5.56 Å². The molecule has 6 nitrogen and oxygen atoms in total. The van der Waals surface area contributed by atoms with Gasteiger partial charge in [0.05, 0.1) is 15.5 Å². The molecule has 0 aliphatic rings. The van der Waals surface area contributed by atoms with E-state index in [1.165, 1.54) is 34.8 Å². The highest BCUT2D eigenvalue weighted by atomic mass is 32.2. The van der Waals surface area contributed by atoms with Gasteiger partial charge in [0, 0.05) is 5.38 Å². The second kappa shape index (κ2) is 6.71. The molecule has 0 aliphatic carbocycles. The number of nitrogens with zero attached hydrogens (tertiary/aromatic N) is 1. The average Bonchev–Trinajstić information content (AvgIpc) is 3.17. The number of aromatic nitrogens is 1. The molecule has 9 heteroatoms. The van der Waals surface area contributed by atoms with Gasteiger partial charge < -0.3 is 0 Å². The third kappa shape index (κ3) is 3.81. The van der Waals surface area contributed by atoms with Crippen LogP contribution < -0.4 is 10.0 Å². The number of sulfonamides is 1. The first-order chi connectivity index (χ1) is 11.4. The van der Waals surface area contributed by atoms with E-state index in [4.69, 9.17) is 0 Å². The number of urea groups is 1. The molecule has 2 N–H and O–H groups in total. The van der Waals surface area contributed by atoms with E-state index in [-0.39, 0.29) is 4.90 Å². The zero-order valence-electron chi connectivity index (χ0n) is 12.5. The van der Waals surface area contributed by atoms with Gasteiger partial charge in [-0.25, -0.2) is 22.9 Å². The van der Waals surface area contributed by atoms with Crippen molar-refractivity contribution in [3.05, 3.63) is 52.7 Å². The molecular formula is C15H13N3O3S3. The molecule has 0 saturated heterocycles. The van der Waals surface area contributed by atoms with Crippen molar-refractivity contribution in [1.29, 1.82) is 0 Å². The van der Waals surface area contributed by atoms with E-state index in [0.717, 1.165) is 16.1 Å². The Morgan fingerprint density at radius 3 is 2.54 bits per heavy atom. The third-order valence-electron chi connectivity index (χ3n) is 3.06. The number of anilines is 1. The van der Waals surface area contributed by atoms with Crippen molar-refractivity contribution in [2.75, 3.05) is 5.32 Å². The van der Waals surface area contributed by atoms with Crippen LogP contribution in [0.15, 0.2) is 52.1 Å². The van der Waals surface area contributed by atoms with Crippen molar-refractivity contribution >= 4 is 43.9 Å². The van der Waals surface area contributed by atoms with E-state index >= 15 is 0 Å². The van der Waals surface area contributed by atoms with Gasteiger partial charge >= 0.3 is 6.03 Å². The van der Waals surface area contributed by atoms with Gasteiger partial charge in [0.2, 0.25) is 0 Å². The molecule has 2 heterocycles. The van der Waals surface area contributed by atoms with E-state index in [0.29, 0.717) is 5.13 Å². The fraction of sp³-hybridized carbons (Fsp3) is 0.0667. The average molecular weight is 379 g/mol. The van der Waals surface area contributed by atoms with Gasteiger partial charge in [-0.1, -0.05) is 23.8 Å². The maximum Gasteiger partial charge on any atom is 0.334 e. The number of carbonyl (C=O) groups excluding carboxylic acids is 1. The van der Waals surface area contributed by atoms with Gasteiger partial charge in [0.15, 0.2) is 5.13 Å². The first kappa shape index (κ1) is 16.6. The van der Waals surface area contributed by atoms with Crippen molar-refractivity contribution in [3.8, 4) is 10.6 Å². The van der Waals surface area contributed by atoms with E-state index in [2.05, 4.69) is 10.3 Å². The van der Waals surface area contributed by atoms with Crippen molar-refractivity contribution in [3.63, 3.8) is 0 Å². The Morgan fingerprint density at radius 1 is 1.12 bits per heavy atom. The molecule has 0 aliphatic heterocycles. The highest BCUT2D eigenvalue weighted by Gasteiger charge is 2.18. The van der Waals surface area contributed by atoms with Crippen LogP contribution in [0.3, 0.4) is 0 Å². The summed E-state index contributed by atoms with van der Waals surface area (Å²) in [6.45, 7) is 1.85. The smallest absolute Gasteiger partial charge is 0.283 e. The third-order valence-corrected chi connectivity index (χ3v) is 6.05. The van der Waals surface area contributed by atoms with Crippen LogP contribution in [-0.2, 0) is 10.0 Å². The normalized spacial score (nSPS) is 11.2. The Balaban J connectivity index is 1.68. The molecule has 0 saturated carbocycles. The fourth-order valence-electron chi connectivity index (χ4n) is 1.89. The number of thiophene rings is 1. The van der Waals surface area contributed by atoms with Crippen LogP contribution in [0.25, 0.3) is 10.6 Å². The predicted octanol–water partition coefficient (Wildman–Crippen LogP) is 3.69. The lowest BCUT2D eigenvalue weighted by Gasteiger charge is -2.07. The summed E-state index contributed by atoms with van der Waals surface area (Å²) in [7, 11) is -3.92. The molecule has 2 amide bonds. The van der Waals surface area contributed by atoms with E-state index in [1.54, 1.807) is 17.5 Å². The summed E-state index contributed by atoms with van der Waals surface area (Å²) >= 11 is 2.77. The summed E-state index contributed by atoms with van der Waals surface area (Å²) in [6.07, 6.45) is 0. The number of rotatable bonds is 4. The minimum Gasteiger partial charge on any atom is -0.283 e. The lowest BCUT2D eigenvalue weighted by atomic mass is 10.2. The zero-order valence-corrected chi connectivity index (χ0v) is 15.0. The number of nitrogens with one attached hydrogen (secondary N) is 2. The highest BCUT2D eigenvalue weighted by molar-refractivity contribution is 7.90. The number of thiazole rings is 1. The monoisotopic (exact) mass is 379 g/mol. The highest BCUT2D eigenvalue weighted by Crippen LogP contribution is 2.28. The molecule has 3 aromatic rings. The molecule has 0 spiro atoms. The number of amides is 2. The summed E-state index contributed by atoms with van der Waals surface area (Å²) in [5, 5.41) is 6.51. The van der Waals surface area contributed by atoms with E-state index in [1.807, 2.05) is 29.2 Å². The van der Waals surface area contributed by atoms with Gasteiger partial charge in [-0.05, 0) is 30.5 Å². The maximum absolute atomic E-state index is 12.1. The molecule has 3 rings (SSSR count). The first-order valence-electron chi connectivity index (χ1n) is 6.84. The van der Waals surface area contributed by atoms with Gasteiger partial charge in [-0.2, -0.15) is 0 Å². The minimum atomic E-state index is -3.92. The van der Waals surface area contributed by atoms with Gasteiger partial charge in [0.25, 0.3) is 10.0 Å². The molecule has 0 fully saturated rings. The summed E-state index contributed by atoms with van der Waals surface area (Å²) < 4.78 is 26.3. The predicted molar refractivity (Wildman–Crippen MR) is 95.9 cm³/mol. The quantitative estimate of drug-likeness (QED) is 0.724. The standard InChI is InChI=1S/C15H13N3O3S3/c1-10-4-6-11(7-5-10)24(20,21)18-14(19)17-15-16-12(9-23-15)13-3-2-8-22-13/h2-9H,1H3,(H2,16,17,18,19). The lowest BCUT2D eigenvalue weighted by molar-refractivity contribution is 0.256. The zero-order chi connectivity index (χ0) is 17.2. The van der Waals surface area contributed by atoms with E-state index in [9.17, 15) is 13.2 Å². The van der Waals surface area contributed by atoms with Crippen molar-refractivity contribution < 1.29 is 13.2 Å². The van der Waals surface area contributed by atoms with Crippen molar-refractivity contribution in [1.82, 2.24) is 9.71 Å². The maximum atomic E-state index is 12.1. The van der Waals surface area contributed by atoms with E-state index < -0.39 is 16.1 Å². The molecular weight excluding hydrogens is 366 g/mol. The number of benzene rings is 1. The van der Waals surface area contributed by atoms with Crippen molar-refractivity contribution in [2.45, 2.75) is 11.8 Å². The van der Waals surface area contributed by atoms with Crippen LogP contribution in [0.2, 0.25) is 0 Å². The van der Waals surface area contributed by atoms with Gasteiger partial charge in [-0.3, -0.25) is 5.32 Å². The summed E-state index contributed by atoms with van der Waals surface area (Å²) in [4.78, 5) is 17.2. The van der Waals surface area contributed by atoms with Crippen LogP contribution in [-0.4, -0.2) is 19.4 Å². The Morgan fingerprint density at radius 2 is 1.88 bits per heavy atom. The molecule has 0 atom stereocenters. The lowest BCUT2D eigenvalue weighted by Crippen LogP contribution is -2.34. The van der Waals surface area contributed by atoms with Crippen molar-refractivity contribution in [2.24, 2.45) is 0 Å². The summed E-state index contributed by atoms with van der Waals surface area (Å²) in [5.41, 5.74) is 1.67. The first-order valence-corrected chi connectivity index (χ1v) is 10.1. The second-order valence-electron chi connectivity index (χ2n) is 4.89. The summed E-state index contributed by atoms with van der Waals surface area (Å²) in [5.74, 6) is 0. The molecule has 0 bridgehead atoms. The largest absolute Gasteiger partial charge is 0.334 e. The van der Waals surface area contributed by atoms with Gasteiger partial charge in [0.1, 0.15) is 0 Å². The van der Waals surface area contributed by atoms with Crippen LogP contribution >= 0.6 is 22.7 Å². The summed E-state index contributed by atoms with van der Waals surface area (Å²) in [6, 6.07) is 9.22. The number of hydrogen-bond donors (Lipinski definition) is 2. The van der Waals surface area contributed by atoms with Crippen LogP contribution in [0, 0.1) is 6.92 Å². The SMILES string of the molecule is Cc1ccc(S(=O)(=O)NC(=O)Nc2nc(-c3cccs3)cs2)cc1. The Labute approximate surface area is 147 Å². The van der Waals surface area contributed by atoms with Gasteiger partial charge in [-0.15, -0.1) is 22.7 Å². The Bertz CT molecular complexity index is 946. The molecule has 124 valence electrons. The second-order valence-corrected chi connectivity index (χ2v) is 8.38. The van der Waals surface area contributed by atoms with Crippen LogP contribution in [0.5, 0.6) is 0 Å². The molecule has 0 unspecified atom stereocenters. The fourth-order valence-corrected chi connectivity index (χ4v) is 4.26. The number of carbonyl (C=O) groups is 1. The van der Waals surface area contributed by atoms with Crippen LogP contribution in [0.4, 0.5) is 9.93 Å². The number of aryl methyl sites for hydroxylation is 1. The Kier molecular flexibility index (Phi) is 4.65. The topological polar surface area (TPSA) is 88.2 Å². The number of hydrogen-bond acceptors (Lipinski definition) is 6. The molecule has 0 radical (unpaired) electrons. The molecule has 2 aromatic heterocycles. The minimum absolute atomic E-state index is 0.0293.